The molecule has 3 aliphatic rings. The van der Waals surface area contributed by atoms with E-state index >= 15 is 0 Å². The number of hydrogen-bond donors (Lipinski definition) is 5. The molecule has 15 nitrogen and oxygen atoms in total. The number of ether oxygens (including phenoxy) is 2. The van der Waals surface area contributed by atoms with Gasteiger partial charge in [0.25, 0.3) is 5.91 Å². The van der Waals surface area contributed by atoms with E-state index in [2.05, 4.69) is 21.3 Å². The second-order valence-electron chi connectivity index (χ2n) is 15.8. The predicted octanol–water partition coefficient (Wildman–Crippen LogP) is 2.75. The summed E-state index contributed by atoms with van der Waals surface area (Å²) in [5.41, 5.74) is 0.352. The van der Waals surface area contributed by atoms with E-state index in [0.29, 0.717) is 30.8 Å². The molecular weight excluding hydrogens is 734 g/mol. The molecule has 308 valence electrons. The second kappa shape index (κ2) is 19.7. The van der Waals surface area contributed by atoms with Crippen molar-refractivity contribution in [3.63, 3.8) is 0 Å². The van der Waals surface area contributed by atoms with Crippen LogP contribution in [-0.2, 0) is 44.7 Å². The Kier molecular flexibility index (Phi) is 14.8. The van der Waals surface area contributed by atoms with Gasteiger partial charge in [-0.05, 0) is 62.3 Å². The summed E-state index contributed by atoms with van der Waals surface area (Å²) in [7, 11) is 0. The lowest BCUT2D eigenvalue weighted by Gasteiger charge is -2.35. The molecule has 15 heteroatoms. The fraction of sp³-hybridized carbons (Fsp3) is 0.548. The maximum atomic E-state index is 14.7. The van der Waals surface area contributed by atoms with Crippen molar-refractivity contribution in [2.45, 2.75) is 121 Å². The third-order valence-electron chi connectivity index (χ3n) is 10.8. The summed E-state index contributed by atoms with van der Waals surface area (Å²) >= 11 is 0. The van der Waals surface area contributed by atoms with Crippen LogP contribution in [0.25, 0.3) is 0 Å². The molecule has 1 unspecified atom stereocenters. The zero-order valence-corrected chi connectivity index (χ0v) is 32.9. The minimum atomic E-state index is -1.37. The van der Waals surface area contributed by atoms with Crippen molar-refractivity contribution < 1.29 is 48.1 Å². The minimum Gasteiger partial charge on any atom is -0.493 e. The summed E-state index contributed by atoms with van der Waals surface area (Å²) in [4.78, 5) is 94.8. The van der Waals surface area contributed by atoms with Crippen LogP contribution >= 0.6 is 0 Å². The van der Waals surface area contributed by atoms with Gasteiger partial charge in [0.15, 0.2) is 6.04 Å². The highest BCUT2D eigenvalue weighted by Gasteiger charge is 2.46. The quantitative estimate of drug-likeness (QED) is 0.199. The van der Waals surface area contributed by atoms with E-state index < -0.39 is 77.8 Å². The second-order valence-corrected chi connectivity index (χ2v) is 15.8. The third kappa shape index (κ3) is 11.9. The molecule has 1 saturated heterocycles. The molecule has 5 rings (SSSR count). The minimum absolute atomic E-state index is 0.0343. The number of amides is 5. The largest absolute Gasteiger partial charge is 0.493 e. The summed E-state index contributed by atoms with van der Waals surface area (Å²) in [6.07, 6.45) is 4.90. The van der Waals surface area contributed by atoms with E-state index in [1.165, 1.54) is 17.0 Å². The average Bonchev–Trinajstić information content (AvgIpc) is 3.60. The average molecular weight is 790 g/mol. The number of Topliss-reactive ketones (excluding diaryl/α,β-unsaturated/α-hetero) is 1. The first-order chi connectivity index (χ1) is 27.2. The number of nitrogens with one attached hydrogen (secondary N) is 4. The monoisotopic (exact) mass is 789 g/mol. The van der Waals surface area contributed by atoms with Crippen LogP contribution in [0.3, 0.4) is 0 Å². The normalized spacial score (nSPS) is 22.6. The number of carbonyl (C=O) groups excluding carboxylic acids is 6. The number of hydrogen-bond acceptors (Lipinski definition) is 9. The first-order valence-electron chi connectivity index (χ1n) is 19.9. The molecule has 0 aromatic heterocycles. The molecule has 2 aliphatic heterocycles. The lowest BCUT2D eigenvalue weighted by molar-refractivity contribution is -0.145. The summed E-state index contributed by atoms with van der Waals surface area (Å²) < 4.78 is 12.6. The highest BCUT2D eigenvalue weighted by Crippen LogP contribution is 2.32. The van der Waals surface area contributed by atoms with Gasteiger partial charge in [-0.3, -0.25) is 28.8 Å². The van der Waals surface area contributed by atoms with Crippen LogP contribution in [0.15, 0.2) is 54.6 Å². The zero-order chi connectivity index (χ0) is 41.1. The topological polar surface area (TPSA) is 210 Å². The molecule has 2 aromatic carbocycles. The number of benzene rings is 2. The van der Waals surface area contributed by atoms with Crippen molar-refractivity contribution in [1.82, 2.24) is 26.2 Å². The van der Waals surface area contributed by atoms with E-state index in [9.17, 15) is 38.7 Å². The molecule has 5 atom stereocenters. The maximum absolute atomic E-state index is 14.7. The molecule has 2 heterocycles. The number of nitrogens with zero attached hydrogens (tertiary/aromatic N) is 1. The molecule has 2 aromatic rings. The van der Waals surface area contributed by atoms with Gasteiger partial charge in [-0.2, -0.15) is 0 Å². The van der Waals surface area contributed by atoms with Gasteiger partial charge in [0, 0.05) is 19.4 Å². The molecule has 4 bridgehead atoms. The number of carbonyl (C=O) groups is 7. The Morgan fingerprint density at radius 3 is 2.42 bits per heavy atom. The highest BCUT2D eigenvalue weighted by molar-refractivity contribution is 6.38. The van der Waals surface area contributed by atoms with Gasteiger partial charge in [-0.15, -0.1) is 0 Å². The predicted molar refractivity (Wildman–Crippen MR) is 208 cm³/mol. The highest BCUT2D eigenvalue weighted by atomic mass is 16.5. The number of carboxylic acid groups (broad SMARTS) is 1. The Labute approximate surface area is 333 Å². The summed E-state index contributed by atoms with van der Waals surface area (Å²) in [5.74, 6) is -5.18. The number of fused-ring (bicyclic) bond motifs is 4. The molecule has 5 N–H and O–H groups in total. The van der Waals surface area contributed by atoms with Gasteiger partial charge in [0.05, 0.1) is 37.3 Å². The standard InChI is InChI=1S/C42H55N5O10/c1-4-12-31(37(50)39(52)43-24-34(49)46-36(41(54)55)28-16-9-6-10-17-28)44-38(51)32-23-30-25-47(32)40(53)35(27-14-7-5-8-15-27)45-33(48)22-26-13-11-18-29(21-26)56-20-19-42(2,3)57-30/h6,9-11,13,16-18,21,27,30-32,35-36H,4-5,7-8,12,14-15,19-20,22-25H2,1-3H3,(H,43,52)(H,44,51)(H,45,48)(H,46,49)(H,54,55)/t30-,31?,32+,35+,36+/m1/s1. The van der Waals surface area contributed by atoms with Gasteiger partial charge in [0.1, 0.15) is 17.8 Å². The Balaban J connectivity index is 1.32. The van der Waals surface area contributed by atoms with Crippen molar-refractivity contribution in [2.75, 3.05) is 19.7 Å². The molecule has 1 saturated carbocycles. The third-order valence-corrected chi connectivity index (χ3v) is 10.8. The number of carboxylic acids is 1. The van der Waals surface area contributed by atoms with Crippen molar-refractivity contribution in [2.24, 2.45) is 5.92 Å². The summed E-state index contributed by atoms with van der Waals surface area (Å²) in [5, 5.41) is 19.9. The van der Waals surface area contributed by atoms with Crippen molar-refractivity contribution >= 4 is 41.3 Å². The SMILES string of the molecule is CCCC(NC(=O)[C@@H]1C[C@@H]2CN1C(=O)[C@H](C1CCCCC1)NC(=O)Cc1cccc(c1)OCCC(C)(C)O2)C(=O)C(=O)NCC(=O)N[C@H](C(=O)O)c1ccccc1. The molecule has 0 spiro atoms. The summed E-state index contributed by atoms with van der Waals surface area (Å²) in [6.45, 7) is 5.32. The molecule has 5 amide bonds. The van der Waals surface area contributed by atoms with Gasteiger partial charge in [-0.25, -0.2) is 4.79 Å². The Morgan fingerprint density at radius 1 is 0.982 bits per heavy atom. The lowest BCUT2D eigenvalue weighted by atomic mass is 9.83. The summed E-state index contributed by atoms with van der Waals surface area (Å²) in [6, 6.07) is 10.7. The Hall–Kier alpha value is -5.31. The Morgan fingerprint density at radius 2 is 1.72 bits per heavy atom. The van der Waals surface area contributed by atoms with E-state index in [0.717, 1.165) is 37.7 Å². The van der Waals surface area contributed by atoms with Crippen LogP contribution in [0.4, 0.5) is 0 Å². The molecule has 0 radical (unpaired) electrons. The van der Waals surface area contributed by atoms with E-state index in [-0.39, 0.29) is 37.6 Å². The van der Waals surface area contributed by atoms with Gasteiger partial charge in [0.2, 0.25) is 29.4 Å². The van der Waals surface area contributed by atoms with E-state index in [4.69, 9.17) is 9.47 Å². The van der Waals surface area contributed by atoms with Gasteiger partial charge in [-0.1, -0.05) is 75.1 Å². The molecule has 2 fully saturated rings. The van der Waals surface area contributed by atoms with E-state index in [1.807, 2.05) is 38.1 Å². The molecular formula is C42H55N5O10. The van der Waals surface area contributed by atoms with Crippen molar-refractivity contribution in [1.29, 1.82) is 0 Å². The molecule has 1 aliphatic carbocycles. The van der Waals surface area contributed by atoms with Crippen molar-refractivity contribution in [3.8, 4) is 5.75 Å². The van der Waals surface area contributed by atoms with Crippen LogP contribution in [0.2, 0.25) is 0 Å². The van der Waals surface area contributed by atoms with Crippen molar-refractivity contribution in [3.05, 3.63) is 65.7 Å². The van der Waals surface area contributed by atoms with Crippen LogP contribution in [0, 0.1) is 5.92 Å². The zero-order valence-electron chi connectivity index (χ0n) is 32.9. The van der Waals surface area contributed by atoms with E-state index in [1.54, 1.807) is 25.1 Å². The van der Waals surface area contributed by atoms with Crippen LogP contribution < -0.4 is 26.0 Å². The number of aliphatic carboxylic acids is 1. The Bertz CT molecular complexity index is 1780. The van der Waals surface area contributed by atoms with Crippen LogP contribution in [0.5, 0.6) is 5.75 Å². The number of rotatable bonds is 12. The van der Waals surface area contributed by atoms with Crippen LogP contribution in [0.1, 0.15) is 95.7 Å². The first-order valence-corrected chi connectivity index (χ1v) is 19.9. The van der Waals surface area contributed by atoms with Gasteiger partial charge < -0.3 is 40.7 Å². The smallest absolute Gasteiger partial charge is 0.330 e. The lowest BCUT2D eigenvalue weighted by Crippen LogP contribution is -2.58. The molecule has 57 heavy (non-hydrogen) atoms. The maximum Gasteiger partial charge on any atom is 0.330 e. The van der Waals surface area contributed by atoms with Crippen LogP contribution in [-0.4, -0.2) is 101 Å². The fourth-order valence-electron chi connectivity index (χ4n) is 7.86. The first kappa shape index (κ1) is 42.8. The fourth-order valence-corrected chi connectivity index (χ4v) is 7.86. The number of ketones is 1. The van der Waals surface area contributed by atoms with Gasteiger partial charge >= 0.3 is 5.97 Å².